The first-order valence-electron chi connectivity index (χ1n) is 9.63. The molecule has 2 heterocycles. The van der Waals surface area contributed by atoms with Crippen LogP contribution in [-0.4, -0.2) is 42.3 Å². The molecule has 0 unspecified atom stereocenters. The molecule has 1 aromatic heterocycles. The van der Waals surface area contributed by atoms with E-state index in [1.807, 2.05) is 18.2 Å². The molecule has 1 aromatic carbocycles. The number of hydrogen-bond donors (Lipinski definition) is 3. The molecule has 6 nitrogen and oxygen atoms in total. The van der Waals surface area contributed by atoms with Crippen LogP contribution in [0.5, 0.6) is 0 Å². The van der Waals surface area contributed by atoms with E-state index in [9.17, 15) is 5.11 Å². The lowest BCUT2D eigenvalue weighted by Gasteiger charge is -2.32. The number of benzene rings is 1. The normalized spacial score (nSPS) is 15.7. The minimum absolute atomic E-state index is 0.308. The predicted molar refractivity (Wildman–Crippen MR) is 110 cm³/mol. The van der Waals surface area contributed by atoms with Crippen molar-refractivity contribution in [3.8, 4) is 0 Å². The lowest BCUT2D eigenvalue weighted by Crippen LogP contribution is -2.34. The summed E-state index contributed by atoms with van der Waals surface area (Å²) in [6, 6.07) is 14.4. The summed E-state index contributed by atoms with van der Waals surface area (Å²) in [6.07, 6.45) is 4.73. The Morgan fingerprint density at radius 1 is 1.19 bits per heavy atom. The van der Waals surface area contributed by atoms with Crippen molar-refractivity contribution in [2.45, 2.75) is 25.8 Å². The van der Waals surface area contributed by atoms with Crippen LogP contribution in [0.25, 0.3) is 0 Å². The van der Waals surface area contributed by atoms with Crippen molar-refractivity contribution in [3.63, 3.8) is 0 Å². The monoisotopic (exact) mass is 367 g/mol. The molecule has 27 heavy (non-hydrogen) atoms. The first-order valence-corrected chi connectivity index (χ1v) is 9.63. The van der Waals surface area contributed by atoms with Gasteiger partial charge >= 0.3 is 0 Å². The number of hydrogen-bond acceptors (Lipinski definition) is 4. The lowest BCUT2D eigenvalue weighted by atomic mass is 9.97. The van der Waals surface area contributed by atoms with E-state index >= 15 is 0 Å². The topological polar surface area (TPSA) is 86.8 Å². The largest absolute Gasteiger partial charge is 0.396 e. The van der Waals surface area contributed by atoms with Crippen molar-refractivity contribution in [3.05, 3.63) is 59.9 Å². The summed E-state index contributed by atoms with van der Waals surface area (Å²) < 4.78 is 0. The highest BCUT2D eigenvalue weighted by atomic mass is 16.3. The first kappa shape index (κ1) is 19.2. The second kappa shape index (κ2) is 9.92. The summed E-state index contributed by atoms with van der Waals surface area (Å²) in [7, 11) is 0. The molecule has 0 amide bonds. The van der Waals surface area contributed by atoms with Crippen LogP contribution in [0, 0.1) is 5.92 Å². The summed E-state index contributed by atoms with van der Waals surface area (Å²) in [6.45, 7) is 3.61. The molecule has 2 aromatic rings. The number of nitrogens with two attached hydrogens (primary N) is 1. The van der Waals surface area contributed by atoms with Gasteiger partial charge in [0.2, 0.25) is 0 Å². The summed E-state index contributed by atoms with van der Waals surface area (Å²) in [5.41, 5.74) is 9.36. The Labute approximate surface area is 161 Å². The van der Waals surface area contributed by atoms with Gasteiger partial charge < -0.3 is 21.1 Å². The van der Waals surface area contributed by atoms with E-state index in [4.69, 9.17) is 5.73 Å². The number of piperidine rings is 1. The van der Waals surface area contributed by atoms with Gasteiger partial charge in [-0.3, -0.25) is 4.98 Å². The molecule has 3 rings (SSSR count). The average molecular weight is 367 g/mol. The van der Waals surface area contributed by atoms with Crippen molar-refractivity contribution < 1.29 is 5.11 Å². The molecule has 0 bridgehead atoms. The average Bonchev–Trinajstić information content (AvgIpc) is 2.73. The van der Waals surface area contributed by atoms with E-state index in [2.05, 4.69) is 44.5 Å². The molecule has 6 heteroatoms. The van der Waals surface area contributed by atoms with Crippen LogP contribution in [0.3, 0.4) is 0 Å². The molecule has 144 valence electrons. The zero-order valence-corrected chi connectivity index (χ0v) is 15.7. The fraction of sp³-hybridized carbons (Fsp3) is 0.429. The number of aliphatic imine (C=N–C) groups is 1. The number of guanidine groups is 1. The smallest absolute Gasteiger partial charge is 0.188 e. The lowest BCUT2D eigenvalue weighted by molar-refractivity contribution is 0.203. The minimum atomic E-state index is 0.308. The second-order valence-corrected chi connectivity index (χ2v) is 6.98. The minimum Gasteiger partial charge on any atom is -0.396 e. The van der Waals surface area contributed by atoms with Gasteiger partial charge in [0.05, 0.1) is 6.54 Å². The number of rotatable bonds is 7. The van der Waals surface area contributed by atoms with Crippen LogP contribution in [0.2, 0.25) is 0 Å². The number of nitrogens with one attached hydrogen (secondary N) is 1. The Bertz CT molecular complexity index is 709. The SMILES string of the molecule is NC(=NCc1ccc(N2CCC(CO)CC2)cc1)NCCc1ccccn1. The highest BCUT2D eigenvalue weighted by Crippen LogP contribution is 2.23. The van der Waals surface area contributed by atoms with E-state index in [1.165, 1.54) is 5.69 Å². The van der Waals surface area contributed by atoms with Crippen LogP contribution in [0.1, 0.15) is 24.1 Å². The number of aliphatic hydroxyl groups excluding tert-OH is 1. The number of pyridine rings is 1. The van der Waals surface area contributed by atoms with Gasteiger partial charge in [-0.25, -0.2) is 4.99 Å². The Kier molecular flexibility index (Phi) is 7.04. The van der Waals surface area contributed by atoms with Crippen LogP contribution in [0.15, 0.2) is 53.7 Å². The van der Waals surface area contributed by atoms with Crippen molar-refractivity contribution in [2.75, 3.05) is 31.1 Å². The van der Waals surface area contributed by atoms with E-state index in [-0.39, 0.29) is 0 Å². The molecule has 1 aliphatic rings. The van der Waals surface area contributed by atoms with Crippen molar-refractivity contribution in [1.29, 1.82) is 0 Å². The maximum atomic E-state index is 9.25. The molecule has 0 spiro atoms. The maximum Gasteiger partial charge on any atom is 0.188 e. The van der Waals surface area contributed by atoms with Gasteiger partial charge in [-0.15, -0.1) is 0 Å². The zero-order valence-electron chi connectivity index (χ0n) is 15.7. The van der Waals surface area contributed by atoms with Gasteiger partial charge in [0.25, 0.3) is 0 Å². The van der Waals surface area contributed by atoms with Crippen molar-refractivity contribution >= 4 is 11.6 Å². The molecular formula is C21H29N5O. The van der Waals surface area contributed by atoms with E-state index < -0.39 is 0 Å². The molecular weight excluding hydrogens is 338 g/mol. The Balaban J connectivity index is 1.43. The highest BCUT2D eigenvalue weighted by molar-refractivity contribution is 5.77. The summed E-state index contributed by atoms with van der Waals surface area (Å²) in [4.78, 5) is 11.1. The van der Waals surface area contributed by atoms with Gasteiger partial charge in [-0.2, -0.15) is 0 Å². The zero-order chi connectivity index (χ0) is 18.9. The molecule has 0 radical (unpaired) electrons. The Morgan fingerprint density at radius 2 is 1.96 bits per heavy atom. The fourth-order valence-corrected chi connectivity index (χ4v) is 3.28. The molecule has 0 atom stereocenters. The van der Waals surface area contributed by atoms with E-state index in [1.54, 1.807) is 6.20 Å². The van der Waals surface area contributed by atoms with E-state index in [0.29, 0.717) is 25.0 Å². The molecule has 1 aliphatic heterocycles. The molecule has 0 saturated carbocycles. The standard InChI is InChI=1S/C21H29N5O/c22-21(24-12-8-19-3-1-2-11-23-19)25-15-17-4-6-20(7-5-17)26-13-9-18(16-27)10-14-26/h1-7,11,18,27H,8-10,12-16H2,(H3,22,24,25). The van der Waals surface area contributed by atoms with Crippen LogP contribution >= 0.6 is 0 Å². The van der Waals surface area contributed by atoms with Crippen LogP contribution in [0.4, 0.5) is 5.69 Å². The number of aliphatic hydroxyl groups is 1. The Hall–Kier alpha value is -2.60. The summed E-state index contributed by atoms with van der Waals surface area (Å²) >= 11 is 0. The molecule has 4 N–H and O–H groups in total. The van der Waals surface area contributed by atoms with Gasteiger partial charge in [-0.05, 0) is 48.6 Å². The quantitative estimate of drug-likeness (QED) is 0.514. The number of aromatic nitrogens is 1. The third-order valence-corrected chi connectivity index (χ3v) is 5.02. The molecule has 1 fully saturated rings. The molecule has 1 saturated heterocycles. The third kappa shape index (κ3) is 5.96. The van der Waals surface area contributed by atoms with Gasteiger partial charge in [-0.1, -0.05) is 18.2 Å². The van der Waals surface area contributed by atoms with Crippen LogP contribution < -0.4 is 16.0 Å². The van der Waals surface area contributed by atoms with E-state index in [0.717, 1.165) is 50.2 Å². The fourth-order valence-electron chi connectivity index (χ4n) is 3.28. The van der Waals surface area contributed by atoms with Gasteiger partial charge in [0.15, 0.2) is 5.96 Å². The summed E-state index contributed by atoms with van der Waals surface area (Å²) in [5.74, 6) is 0.920. The molecule has 0 aliphatic carbocycles. The Morgan fingerprint density at radius 3 is 2.63 bits per heavy atom. The van der Waals surface area contributed by atoms with Gasteiger partial charge in [0, 0.05) is 50.2 Å². The van der Waals surface area contributed by atoms with Crippen molar-refractivity contribution in [2.24, 2.45) is 16.6 Å². The number of anilines is 1. The highest BCUT2D eigenvalue weighted by Gasteiger charge is 2.18. The number of nitrogens with zero attached hydrogens (tertiary/aromatic N) is 3. The van der Waals surface area contributed by atoms with Crippen LogP contribution in [-0.2, 0) is 13.0 Å². The van der Waals surface area contributed by atoms with Gasteiger partial charge in [0.1, 0.15) is 0 Å². The summed E-state index contributed by atoms with van der Waals surface area (Å²) in [5, 5.41) is 12.4. The maximum absolute atomic E-state index is 9.25. The second-order valence-electron chi connectivity index (χ2n) is 6.98. The predicted octanol–water partition coefficient (Wildman–Crippen LogP) is 1.94. The third-order valence-electron chi connectivity index (χ3n) is 5.02. The van der Waals surface area contributed by atoms with Crippen molar-refractivity contribution in [1.82, 2.24) is 10.3 Å². The first-order chi connectivity index (χ1) is 13.2.